The fourth-order valence-corrected chi connectivity index (χ4v) is 2.95. The molecule has 34 heavy (non-hydrogen) atoms. The van der Waals surface area contributed by atoms with E-state index in [9.17, 15) is 14.4 Å². The van der Waals surface area contributed by atoms with Gasteiger partial charge >= 0.3 is 0 Å². The van der Waals surface area contributed by atoms with Gasteiger partial charge in [-0.05, 0) is 29.7 Å². The maximum absolute atomic E-state index is 10.8. The first-order valence-corrected chi connectivity index (χ1v) is 10.7. The Bertz CT molecular complexity index is 1080. The molecule has 10 heteroatoms. The lowest BCUT2D eigenvalue weighted by molar-refractivity contribution is -0.118. The number of aromatic nitrogens is 3. The zero-order valence-corrected chi connectivity index (χ0v) is 19.4. The summed E-state index contributed by atoms with van der Waals surface area (Å²) in [4.78, 5) is 37.7. The number of rotatable bonds is 11. The zero-order chi connectivity index (χ0) is 24.9. The number of primary amides is 2. The van der Waals surface area contributed by atoms with E-state index >= 15 is 0 Å². The van der Waals surface area contributed by atoms with Crippen LogP contribution < -0.4 is 21.1 Å². The van der Waals surface area contributed by atoms with Gasteiger partial charge in [-0.25, -0.2) is 4.98 Å². The van der Waals surface area contributed by atoms with Crippen molar-refractivity contribution < 1.29 is 19.1 Å². The number of benzene rings is 2. The van der Waals surface area contributed by atoms with Gasteiger partial charge in [-0.15, -0.1) is 5.10 Å². The number of hydrogen-bond acceptors (Lipinski definition) is 7. The Labute approximate surface area is 198 Å². The molecule has 10 nitrogen and oxygen atoms in total. The van der Waals surface area contributed by atoms with Crippen LogP contribution in [0.3, 0.4) is 0 Å². The molecule has 0 unspecified atom stereocenters. The number of nitrogens with one attached hydrogen (secondary N) is 1. The first-order valence-electron chi connectivity index (χ1n) is 10.7. The first-order chi connectivity index (χ1) is 16.3. The van der Waals surface area contributed by atoms with E-state index in [-0.39, 0.29) is 11.7 Å². The van der Waals surface area contributed by atoms with Gasteiger partial charge in [0.1, 0.15) is 17.9 Å². The SMILES string of the molecule is CN(C)c1cc(CCC(N)=O)ccc1OCCC=O.NC(=O)c1n[nH]c(Cc2ccccc2)n1. The van der Waals surface area contributed by atoms with Crippen LogP contribution in [0.1, 0.15) is 40.4 Å². The van der Waals surface area contributed by atoms with Crippen LogP contribution >= 0.6 is 0 Å². The number of ether oxygens (including phenoxy) is 1. The predicted octanol–water partition coefficient (Wildman–Crippen LogP) is 1.63. The first kappa shape index (κ1) is 26.0. The summed E-state index contributed by atoms with van der Waals surface area (Å²) >= 11 is 0. The fourth-order valence-electron chi connectivity index (χ4n) is 2.95. The van der Waals surface area contributed by atoms with Crippen LogP contribution in [0.4, 0.5) is 5.69 Å². The average Bonchev–Trinajstić information content (AvgIpc) is 3.28. The van der Waals surface area contributed by atoms with Crippen molar-refractivity contribution in [3.8, 4) is 5.75 Å². The van der Waals surface area contributed by atoms with Crippen molar-refractivity contribution in [2.24, 2.45) is 11.5 Å². The molecule has 0 aliphatic carbocycles. The third-order valence-corrected chi connectivity index (χ3v) is 4.62. The highest BCUT2D eigenvalue weighted by Crippen LogP contribution is 2.28. The second-order valence-electron chi connectivity index (χ2n) is 7.60. The van der Waals surface area contributed by atoms with E-state index in [0.29, 0.717) is 38.1 Å². The van der Waals surface area contributed by atoms with E-state index in [0.717, 1.165) is 28.8 Å². The quantitative estimate of drug-likeness (QED) is 0.286. The molecule has 0 saturated heterocycles. The van der Waals surface area contributed by atoms with Crippen molar-refractivity contribution >= 4 is 23.8 Å². The lowest BCUT2D eigenvalue weighted by atomic mass is 10.1. The maximum Gasteiger partial charge on any atom is 0.288 e. The van der Waals surface area contributed by atoms with E-state index in [4.69, 9.17) is 16.2 Å². The summed E-state index contributed by atoms with van der Waals surface area (Å²) < 4.78 is 5.55. The van der Waals surface area contributed by atoms with Crippen LogP contribution in [0.5, 0.6) is 5.75 Å². The number of aromatic amines is 1. The van der Waals surface area contributed by atoms with Gasteiger partial charge in [0.05, 0.1) is 12.3 Å². The largest absolute Gasteiger partial charge is 0.491 e. The summed E-state index contributed by atoms with van der Waals surface area (Å²) in [5.41, 5.74) is 13.2. The van der Waals surface area contributed by atoms with Crippen molar-refractivity contribution in [2.45, 2.75) is 25.7 Å². The van der Waals surface area contributed by atoms with Crippen LogP contribution in [0.25, 0.3) is 0 Å². The second-order valence-corrected chi connectivity index (χ2v) is 7.60. The zero-order valence-electron chi connectivity index (χ0n) is 19.4. The Morgan fingerprint density at radius 1 is 1.09 bits per heavy atom. The molecule has 0 saturated carbocycles. The minimum atomic E-state index is -0.620. The predicted molar refractivity (Wildman–Crippen MR) is 129 cm³/mol. The molecule has 2 amide bonds. The second kappa shape index (κ2) is 13.4. The van der Waals surface area contributed by atoms with Crippen LogP contribution in [-0.2, 0) is 22.4 Å². The summed E-state index contributed by atoms with van der Waals surface area (Å²) in [6.45, 7) is 0.366. The average molecular weight is 467 g/mol. The van der Waals surface area contributed by atoms with Gasteiger partial charge in [0, 0.05) is 33.4 Å². The molecule has 5 N–H and O–H groups in total. The standard InChI is InChI=1S/C14H20N2O3.C10H10N4O/c1-16(2)12-10-11(5-7-14(15)18)4-6-13(12)19-9-3-8-17;11-9(15)10-12-8(13-14-10)6-7-4-2-1-3-5-7/h4,6,8,10H,3,5,7,9H2,1-2H3,(H2,15,18);1-5H,6H2,(H2,11,15)(H,12,13,14). The Balaban J connectivity index is 0.000000246. The third kappa shape index (κ3) is 8.73. The molecular formula is C24H30N6O4. The molecule has 2 aromatic carbocycles. The molecule has 1 heterocycles. The third-order valence-electron chi connectivity index (χ3n) is 4.62. The van der Waals surface area contributed by atoms with Gasteiger partial charge in [0.15, 0.2) is 0 Å². The molecule has 0 radical (unpaired) electrons. The summed E-state index contributed by atoms with van der Waals surface area (Å²) in [5, 5.41) is 6.37. The van der Waals surface area contributed by atoms with Crippen molar-refractivity contribution in [2.75, 3.05) is 25.6 Å². The number of H-pyrrole nitrogens is 1. The van der Waals surface area contributed by atoms with Crippen molar-refractivity contribution in [1.82, 2.24) is 15.2 Å². The summed E-state index contributed by atoms with van der Waals surface area (Å²) in [6, 6.07) is 15.5. The van der Waals surface area contributed by atoms with E-state index < -0.39 is 5.91 Å². The van der Waals surface area contributed by atoms with E-state index in [1.165, 1.54) is 0 Å². The van der Waals surface area contributed by atoms with E-state index in [2.05, 4.69) is 15.2 Å². The van der Waals surface area contributed by atoms with Crippen molar-refractivity contribution in [3.63, 3.8) is 0 Å². The topological polar surface area (TPSA) is 157 Å². The number of carbonyl (C=O) groups is 3. The van der Waals surface area contributed by atoms with Crippen LogP contribution in [0, 0.1) is 0 Å². The number of nitrogens with two attached hydrogens (primary N) is 2. The van der Waals surface area contributed by atoms with Crippen molar-refractivity contribution in [1.29, 1.82) is 0 Å². The maximum atomic E-state index is 10.8. The fraction of sp³-hybridized carbons (Fsp3) is 0.292. The Morgan fingerprint density at radius 3 is 2.41 bits per heavy atom. The van der Waals surface area contributed by atoms with Gasteiger partial charge in [0.2, 0.25) is 11.7 Å². The molecule has 3 aromatic rings. The number of carbonyl (C=O) groups excluding carboxylic acids is 3. The van der Waals surface area contributed by atoms with Gasteiger partial charge < -0.3 is 25.9 Å². The summed E-state index contributed by atoms with van der Waals surface area (Å²) in [6.07, 6.45) is 2.76. The Kier molecular flexibility index (Phi) is 10.2. The lowest BCUT2D eigenvalue weighted by Gasteiger charge is -2.18. The number of aryl methyl sites for hydroxylation is 1. The smallest absolute Gasteiger partial charge is 0.288 e. The summed E-state index contributed by atoms with van der Waals surface area (Å²) in [7, 11) is 3.83. The van der Waals surface area contributed by atoms with Crippen molar-refractivity contribution in [3.05, 3.63) is 71.3 Å². The Hall–Kier alpha value is -4.21. The molecule has 0 atom stereocenters. The van der Waals surface area contributed by atoms with Crippen LogP contribution in [0.2, 0.25) is 0 Å². The minimum absolute atomic E-state index is 0.0286. The van der Waals surface area contributed by atoms with Gasteiger partial charge in [0.25, 0.3) is 5.91 Å². The molecule has 0 aliphatic rings. The summed E-state index contributed by atoms with van der Waals surface area (Å²) in [5.74, 6) is 0.467. The minimum Gasteiger partial charge on any atom is -0.491 e. The molecule has 0 aliphatic heterocycles. The number of nitrogens with zero attached hydrogens (tertiary/aromatic N) is 3. The van der Waals surface area contributed by atoms with Gasteiger partial charge in [-0.3, -0.25) is 14.7 Å². The van der Waals surface area contributed by atoms with Gasteiger partial charge in [-0.2, -0.15) is 0 Å². The van der Waals surface area contributed by atoms with E-state index in [1.54, 1.807) is 0 Å². The Morgan fingerprint density at radius 2 is 1.82 bits per heavy atom. The van der Waals surface area contributed by atoms with E-state index in [1.807, 2.05) is 67.5 Å². The number of hydrogen-bond donors (Lipinski definition) is 3. The number of amides is 2. The van der Waals surface area contributed by atoms with Gasteiger partial charge in [-0.1, -0.05) is 36.4 Å². The molecule has 180 valence electrons. The molecule has 0 fully saturated rings. The molecular weight excluding hydrogens is 436 g/mol. The monoisotopic (exact) mass is 466 g/mol. The molecule has 1 aromatic heterocycles. The van der Waals surface area contributed by atoms with Crippen LogP contribution in [0.15, 0.2) is 48.5 Å². The number of anilines is 1. The molecule has 0 spiro atoms. The highest BCUT2D eigenvalue weighted by Gasteiger charge is 2.09. The lowest BCUT2D eigenvalue weighted by Crippen LogP contribution is -2.13. The van der Waals surface area contributed by atoms with Crippen LogP contribution in [-0.4, -0.2) is 54.0 Å². The highest BCUT2D eigenvalue weighted by molar-refractivity contribution is 5.88. The normalized spacial score (nSPS) is 10.1. The highest BCUT2D eigenvalue weighted by atomic mass is 16.5. The number of aldehydes is 1. The molecule has 3 rings (SSSR count). The molecule has 0 bridgehead atoms.